The third-order valence-electron chi connectivity index (χ3n) is 4.82. The van der Waals surface area contributed by atoms with E-state index in [-0.39, 0.29) is 6.03 Å². The van der Waals surface area contributed by atoms with Crippen LogP contribution in [0.4, 0.5) is 27.7 Å². The Kier molecular flexibility index (Phi) is 5.21. The number of urea groups is 1. The maximum absolute atomic E-state index is 12.2. The van der Waals surface area contributed by atoms with E-state index in [1.54, 1.807) is 19.2 Å². The highest BCUT2D eigenvalue weighted by Crippen LogP contribution is 2.28. The predicted octanol–water partition coefficient (Wildman–Crippen LogP) is 4.97. The minimum absolute atomic E-state index is 0.333. The summed E-state index contributed by atoms with van der Waals surface area (Å²) in [6.45, 7) is 4.05. The molecule has 0 atom stereocenters. The number of methoxy groups -OCH3 is 1. The molecule has 2 aromatic carbocycles. The van der Waals surface area contributed by atoms with Gasteiger partial charge in [-0.15, -0.1) is 0 Å². The van der Waals surface area contributed by atoms with E-state index in [2.05, 4.69) is 30.9 Å². The van der Waals surface area contributed by atoms with Crippen molar-refractivity contribution in [3.8, 4) is 5.75 Å². The molecule has 8 heteroatoms. The molecule has 0 fully saturated rings. The van der Waals surface area contributed by atoms with E-state index in [0.717, 1.165) is 33.8 Å². The fourth-order valence-electron chi connectivity index (χ4n) is 3.16. The number of nitrogens with one attached hydrogen (secondary N) is 4. The second-order valence-corrected chi connectivity index (χ2v) is 6.83. The number of hydrogen-bond donors (Lipinski definition) is 4. The molecule has 0 aliphatic heterocycles. The summed E-state index contributed by atoms with van der Waals surface area (Å²) in [6, 6.07) is 14.2. The van der Waals surface area contributed by atoms with Gasteiger partial charge in [0.15, 0.2) is 0 Å². The average Bonchev–Trinajstić information content (AvgIpc) is 3.04. The maximum atomic E-state index is 12.2. The van der Waals surface area contributed by atoms with Gasteiger partial charge in [0.25, 0.3) is 0 Å². The quantitative estimate of drug-likeness (QED) is 0.377. The van der Waals surface area contributed by atoms with Gasteiger partial charge in [-0.25, -0.2) is 14.8 Å². The summed E-state index contributed by atoms with van der Waals surface area (Å²) in [4.78, 5) is 24.2. The molecule has 2 aromatic heterocycles. The van der Waals surface area contributed by atoms with Gasteiger partial charge in [-0.2, -0.15) is 0 Å². The molecule has 4 aromatic rings. The van der Waals surface area contributed by atoms with Crippen LogP contribution in [0.5, 0.6) is 5.75 Å². The zero-order valence-electron chi connectivity index (χ0n) is 16.9. The van der Waals surface area contributed by atoms with Crippen LogP contribution in [0.2, 0.25) is 0 Å². The molecule has 8 nitrogen and oxygen atoms in total. The number of amides is 2. The second-order valence-electron chi connectivity index (χ2n) is 6.83. The number of carbonyl (C=O) groups excluding carboxylic acids is 1. The van der Waals surface area contributed by atoms with Crippen LogP contribution in [0.3, 0.4) is 0 Å². The molecular formula is C22H22N6O2. The average molecular weight is 402 g/mol. The number of hydrogen-bond acceptors (Lipinski definition) is 5. The Morgan fingerprint density at radius 1 is 0.967 bits per heavy atom. The van der Waals surface area contributed by atoms with Crippen LogP contribution in [0.25, 0.3) is 11.0 Å². The lowest BCUT2D eigenvalue weighted by atomic mass is 10.2. The Balaban J connectivity index is 1.44. The largest absolute Gasteiger partial charge is 0.497 e. The van der Waals surface area contributed by atoms with E-state index in [4.69, 9.17) is 4.74 Å². The highest BCUT2D eigenvalue weighted by atomic mass is 16.5. The molecule has 152 valence electrons. The monoisotopic (exact) mass is 402 g/mol. The molecule has 0 bridgehead atoms. The van der Waals surface area contributed by atoms with Gasteiger partial charge in [0.1, 0.15) is 23.5 Å². The minimum atomic E-state index is -0.333. The molecule has 2 heterocycles. The topological polar surface area (TPSA) is 104 Å². The Bertz CT molecular complexity index is 1200. The van der Waals surface area contributed by atoms with Crippen molar-refractivity contribution < 1.29 is 9.53 Å². The molecular weight excluding hydrogens is 380 g/mol. The maximum Gasteiger partial charge on any atom is 0.323 e. The van der Waals surface area contributed by atoms with Crippen LogP contribution in [0.1, 0.15) is 11.3 Å². The standard InChI is InChI=1S/C22H22N6O2/c1-13-14(2)25-20-19(13)21(24-12-23-20)26-15-7-9-16(10-8-15)27-22(29)28-17-5-4-6-18(11-17)30-3/h4-12H,1-3H3,(H2,27,28,29)(H2,23,24,25,26). The van der Waals surface area contributed by atoms with Gasteiger partial charge < -0.3 is 25.7 Å². The third-order valence-corrected chi connectivity index (χ3v) is 4.82. The Morgan fingerprint density at radius 2 is 1.70 bits per heavy atom. The number of aromatic nitrogens is 3. The molecule has 2 amide bonds. The molecule has 0 saturated carbocycles. The van der Waals surface area contributed by atoms with Crippen LogP contribution < -0.4 is 20.7 Å². The van der Waals surface area contributed by atoms with Crippen molar-refractivity contribution in [3.63, 3.8) is 0 Å². The molecule has 0 aliphatic rings. The second kappa shape index (κ2) is 8.12. The summed E-state index contributed by atoms with van der Waals surface area (Å²) >= 11 is 0. The number of anilines is 4. The summed E-state index contributed by atoms with van der Waals surface area (Å²) in [5.74, 6) is 1.41. The van der Waals surface area contributed by atoms with E-state index in [1.165, 1.54) is 6.33 Å². The summed E-state index contributed by atoms with van der Waals surface area (Å²) < 4.78 is 5.16. The van der Waals surface area contributed by atoms with E-state index < -0.39 is 0 Å². The number of H-pyrrole nitrogens is 1. The Hall–Kier alpha value is -4.07. The van der Waals surface area contributed by atoms with Crippen molar-refractivity contribution in [2.75, 3.05) is 23.1 Å². The lowest BCUT2D eigenvalue weighted by molar-refractivity contribution is 0.262. The van der Waals surface area contributed by atoms with Crippen LogP contribution in [0.15, 0.2) is 54.9 Å². The smallest absolute Gasteiger partial charge is 0.323 e. The highest BCUT2D eigenvalue weighted by Gasteiger charge is 2.11. The van der Waals surface area contributed by atoms with Crippen LogP contribution >= 0.6 is 0 Å². The van der Waals surface area contributed by atoms with Crippen molar-refractivity contribution in [3.05, 3.63) is 66.1 Å². The van der Waals surface area contributed by atoms with E-state index in [9.17, 15) is 4.79 Å². The lowest BCUT2D eigenvalue weighted by Gasteiger charge is -2.10. The summed E-state index contributed by atoms with van der Waals surface area (Å²) in [5.41, 5.74) is 5.15. The van der Waals surface area contributed by atoms with E-state index >= 15 is 0 Å². The van der Waals surface area contributed by atoms with Crippen LogP contribution in [-0.4, -0.2) is 28.1 Å². The molecule has 4 rings (SSSR count). The van der Waals surface area contributed by atoms with Crippen LogP contribution in [0, 0.1) is 13.8 Å². The van der Waals surface area contributed by atoms with Gasteiger partial charge in [0.05, 0.1) is 12.5 Å². The van der Waals surface area contributed by atoms with Crippen molar-refractivity contribution in [2.45, 2.75) is 13.8 Å². The first-order chi connectivity index (χ1) is 14.5. The molecule has 0 saturated heterocycles. The van der Waals surface area contributed by atoms with Crippen molar-refractivity contribution in [2.24, 2.45) is 0 Å². The Morgan fingerprint density at radius 3 is 2.47 bits per heavy atom. The third kappa shape index (κ3) is 4.02. The van der Waals surface area contributed by atoms with Crippen molar-refractivity contribution in [1.29, 1.82) is 0 Å². The molecule has 0 radical (unpaired) electrons. The fraction of sp³-hybridized carbons (Fsp3) is 0.136. The minimum Gasteiger partial charge on any atom is -0.497 e. The molecule has 4 N–H and O–H groups in total. The van der Waals surface area contributed by atoms with Gasteiger partial charge in [-0.05, 0) is 55.8 Å². The number of rotatable bonds is 5. The molecule has 30 heavy (non-hydrogen) atoms. The van der Waals surface area contributed by atoms with Gasteiger partial charge in [0, 0.05) is 28.8 Å². The predicted molar refractivity (Wildman–Crippen MR) is 119 cm³/mol. The summed E-state index contributed by atoms with van der Waals surface area (Å²) in [5, 5.41) is 9.88. The Labute approximate surface area is 173 Å². The summed E-state index contributed by atoms with van der Waals surface area (Å²) in [7, 11) is 1.58. The number of ether oxygens (including phenoxy) is 1. The van der Waals surface area contributed by atoms with Crippen LogP contribution in [-0.2, 0) is 0 Å². The fourth-order valence-corrected chi connectivity index (χ4v) is 3.16. The zero-order chi connectivity index (χ0) is 21.1. The number of benzene rings is 2. The molecule has 0 aliphatic carbocycles. The van der Waals surface area contributed by atoms with Gasteiger partial charge in [0.2, 0.25) is 0 Å². The number of aryl methyl sites for hydroxylation is 2. The SMILES string of the molecule is COc1cccc(NC(=O)Nc2ccc(Nc3ncnc4[nH]c(C)c(C)c34)cc2)c1. The summed E-state index contributed by atoms with van der Waals surface area (Å²) in [6.07, 6.45) is 1.53. The number of nitrogens with zero attached hydrogens (tertiary/aromatic N) is 2. The number of carbonyl (C=O) groups is 1. The number of aromatic amines is 1. The van der Waals surface area contributed by atoms with Gasteiger partial charge >= 0.3 is 6.03 Å². The van der Waals surface area contributed by atoms with E-state index in [1.807, 2.05) is 50.2 Å². The van der Waals surface area contributed by atoms with E-state index in [0.29, 0.717) is 17.1 Å². The first-order valence-corrected chi connectivity index (χ1v) is 9.42. The lowest BCUT2D eigenvalue weighted by Crippen LogP contribution is -2.19. The first-order valence-electron chi connectivity index (χ1n) is 9.42. The van der Waals surface area contributed by atoms with Gasteiger partial charge in [-0.1, -0.05) is 6.07 Å². The molecule has 0 spiro atoms. The zero-order valence-corrected chi connectivity index (χ0v) is 16.9. The van der Waals surface area contributed by atoms with Gasteiger partial charge in [-0.3, -0.25) is 0 Å². The first kappa shape index (κ1) is 19.3. The highest BCUT2D eigenvalue weighted by molar-refractivity contribution is 6.00. The van der Waals surface area contributed by atoms with Crippen molar-refractivity contribution in [1.82, 2.24) is 15.0 Å². The normalized spacial score (nSPS) is 10.6. The number of fused-ring (bicyclic) bond motifs is 1. The van der Waals surface area contributed by atoms with Crippen molar-refractivity contribution >= 4 is 39.9 Å². The molecule has 0 unspecified atom stereocenters.